The van der Waals surface area contributed by atoms with E-state index in [4.69, 9.17) is 0 Å². The van der Waals surface area contributed by atoms with Crippen molar-refractivity contribution >= 4 is 15.9 Å². The predicted molar refractivity (Wildman–Crippen MR) is 102 cm³/mol. The van der Waals surface area contributed by atoms with Crippen LogP contribution < -0.4 is 0 Å². The molecule has 2 aromatic rings. The molecular weight excluding hydrogens is 364 g/mol. The van der Waals surface area contributed by atoms with Gasteiger partial charge in [-0.1, -0.05) is 55.5 Å². The van der Waals surface area contributed by atoms with Crippen LogP contribution in [0.4, 0.5) is 0 Å². The zero-order chi connectivity index (χ0) is 19.4. The smallest absolute Gasteiger partial charge is 0.243 e. The number of aliphatic hydroxyl groups excluding tert-OH is 1. The third kappa shape index (κ3) is 4.37. The van der Waals surface area contributed by atoms with Gasteiger partial charge in [-0.2, -0.15) is 4.31 Å². The molecule has 1 aliphatic heterocycles. The first-order chi connectivity index (χ1) is 12.9. The van der Waals surface area contributed by atoms with Gasteiger partial charge >= 0.3 is 0 Å². The van der Waals surface area contributed by atoms with E-state index in [1.54, 1.807) is 24.3 Å². The monoisotopic (exact) mass is 388 g/mol. The van der Waals surface area contributed by atoms with Gasteiger partial charge in [-0.3, -0.25) is 4.79 Å². The maximum atomic E-state index is 13.1. The minimum atomic E-state index is -3.86. The fourth-order valence-corrected chi connectivity index (χ4v) is 5.01. The molecule has 1 aliphatic rings. The molecule has 0 aromatic heterocycles. The zero-order valence-corrected chi connectivity index (χ0v) is 16.1. The molecule has 1 unspecified atom stereocenters. The molecule has 1 amide bonds. The number of rotatable bonds is 5. The number of aryl methyl sites for hydroxylation is 1. The number of hydrogen-bond acceptors (Lipinski definition) is 4. The van der Waals surface area contributed by atoms with Crippen LogP contribution >= 0.6 is 0 Å². The zero-order valence-electron chi connectivity index (χ0n) is 15.3. The molecule has 0 aliphatic carbocycles. The number of sulfonamides is 1. The lowest BCUT2D eigenvalue weighted by molar-refractivity contribution is -0.131. The van der Waals surface area contributed by atoms with Crippen LogP contribution in [0.3, 0.4) is 0 Å². The van der Waals surface area contributed by atoms with Gasteiger partial charge in [0.1, 0.15) is 0 Å². The van der Waals surface area contributed by atoms with E-state index in [-0.39, 0.29) is 30.4 Å². The van der Waals surface area contributed by atoms with Crippen LogP contribution in [0.2, 0.25) is 0 Å². The van der Waals surface area contributed by atoms with Crippen molar-refractivity contribution in [3.63, 3.8) is 0 Å². The summed E-state index contributed by atoms with van der Waals surface area (Å²) in [6.45, 7) is 1.96. The van der Waals surface area contributed by atoms with Crippen LogP contribution in [0.15, 0.2) is 59.5 Å². The standard InChI is InChI=1S/C20H24N2O4S/c1-2-17-10-6-7-11-19(17)27(25,26)22-14-18(23)13-21(20(24)15-22)12-16-8-4-3-5-9-16/h3-11,18,23H,2,12-15H2,1H3. The van der Waals surface area contributed by atoms with Crippen molar-refractivity contribution in [1.82, 2.24) is 9.21 Å². The van der Waals surface area contributed by atoms with Gasteiger partial charge in [0.25, 0.3) is 0 Å². The number of aliphatic hydroxyl groups is 1. The average molecular weight is 388 g/mol. The Kier molecular flexibility index (Phi) is 5.94. The number of hydrogen-bond donors (Lipinski definition) is 1. The normalized spacial score (nSPS) is 19.1. The summed E-state index contributed by atoms with van der Waals surface area (Å²) in [5.41, 5.74) is 1.63. The average Bonchev–Trinajstić information content (AvgIpc) is 2.81. The Morgan fingerprint density at radius 3 is 2.41 bits per heavy atom. The fraction of sp³-hybridized carbons (Fsp3) is 0.350. The number of carbonyl (C=O) groups excluding carboxylic acids is 1. The Balaban J connectivity index is 1.85. The molecule has 3 rings (SSSR count). The number of nitrogens with zero attached hydrogens (tertiary/aromatic N) is 2. The summed E-state index contributed by atoms with van der Waals surface area (Å²) in [5.74, 6) is -0.312. The molecule has 144 valence electrons. The third-order valence-corrected chi connectivity index (χ3v) is 6.61. The van der Waals surface area contributed by atoms with Gasteiger partial charge < -0.3 is 10.0 Å². The molecule has 6 nitrogen and oxygen atoms in total. The lowest BCUT2D eigenvalue weighted by Gasteiger charge is -2.22. The first-order valence-corrected chi connectivity index (χ1v) is 10.4. The maximum Gasteiger partial charge on any atom is 0.243 e. The van der Waals surface area contributed by atoms with E-state index in [2.05, 4.69) is 0 Å². The van der Waals surface area contributed by atoms with Gasteiger partial charge in [-0.15, -0.1) is 0 Å². The summed E-state index contributed by atoms with van der Waals surface area (Å²) < 4.78 is 27.3. The SMILES string of the molecule is CCc1ccccc1S(=O)(=O)N1CC(=O)N(Cc2ccccc2)CC(O)C1. The first-order valence-electron chi connectivity index (χ1n) is 8.99. The predicted octanol–water partition coefficient (Wildman–Crippen LogP) is 1.64. The number of benzene rings is 2. The Morgan fingerprint density at radius 1 is 1.04 bits per heavy atom. The molecule has 0 spiro atoms. The summed E-state index contributed by atoms with van der Waals surface area (Å²) in [6, 6.07) is 16.2. The van der Waals surface area contributed by atoms with Gasteiger partial charge in [0.2, 0.25) is 15.9 Å². The summed E-state index contributed by atoms with van der Waals surface area (Å²) >= 11 is 0. The quantitative estimate of drug-likeness (QED) is 0.845. The van der Waals surface area contributed by atoms with Crippen molar-refractivity contribution in [3.05, 3.63) is 65.7 Å². The van der Waals surface area contributed by atoms with E-state index in [0.717, 1.165) is 9.87 Å². The molecule has 27 heavy (non-hydrogen) atoms. The molecule has 1 saturated heterocycles. The lowest BCUT2D eigenvalue weighted by Crippen LogP contribution is -2.39. The van der Waals surface area contributed by atoms with Gasteiger partial charge in [0.15, 0.2) is 0 Å². The van der Waals surface area contributed by atoms with E-state index in [9.17, 15) is 18.3 Å². The van der Waals surface area contributed by atoms with Crippen molar-refractivity contribution in [1.29, 1.82) is 0 Å². The maximum absolute atomic E-state index is 13.1. The van der Waals surface area contributed by atoms with E-state index in [0.29, 0.717) is 18.5 Å². The second-order valence-corrected chi connectivity index (χ2v) is 8.58. The second kappa shape index (κ2) is 8.21. The molecule has 1 heterocycles. The summed E-state index contributed by atoms with van der Waals surface area (Å²) in [7, 11) is -3.86. The van der Waals surface area contributed by atoms with Crippen LogP contribution in [-0.2, 0) is 27.8 Å². The molecular formula is C20H24N2O4S. The highest BCUT2D eigenvalue weighted by Gasteiger charge is 2.35. The van der Waals surface area contributed by atoms with Gasteiger partial charge in [0, 0.05) is 19.6 Å². The first kappa shape index (κ1) is 19.5. The molecule has 1 atom stereocenters. The van der Waals surface area contributed by atoms with Crippen LogP contribution in [0.25, 0.3) is 0 Å². The van der Waals surface area contributed by atoms with Crippen LogP contribution in [-0.4, -0.2) is 54.4 Å². The molecule has 2 aromatic carbocycles. The Labute approximate surface area is 160 Å². The van der Waals surface area contributed by atoms with E-state index >= 15 is 0 Å². The highest BCUT2D eigenvalue weighted by Crippen LogP contribution is 2.23. The number of carbonyl (C=O) groups is 1. The number of amides is 1. The molecule has 0 saturated carbocycles. The second-order valence-electron chi connectivity index (χ2n) is 6.67. The van der Waals surface area contributed by atoms with E-state index < -0.39 is 16.1 Å². The fourth-order valence-electron chi connectivity index (χ4n) is 3.29. The molecule has 1 N–H and O–H groups in total. The van der Waals surface area contributed by atoms with Crippen molar-refractivity contribution in [3.8, 4) is 0 Å². The highest BCUT2D eigenvalue weighted by molar-refractivity contribution is 7.89. The molecule has 0 radical (unpaired) electrons. The van der Waals surface area contributed by atoms with E-state index in [1.165, 1.54) is 4.90 Å². The Bertz CT molecular complexity index is 899. The van der Waals surface area contributed by atoms with E-state index in [1.807, 2.05) is 37.3 Å². The Hall–Kier alpha value is -2.22. The largest absolute Gasteiger partial charge is 0.390 e. The number of β-amino-alcohol motifs (C(OH)–C–C–N with tert-alkyl or cyclic N) is 1. The minimum absolute atomic E-state index is 0.0998. The topological polar surface area (TPSA) is 77.9 Å². The highest BCUT2D eigenvalue weighted by atomic mass is 32.2. The van der Waals surface area contributed by atoms with Gasteiger partial charge in [-0.25, -0.2) is 8.42 Å². The third-order valence-electron chi connectivity index (χ3n) is 4.70. The molecule has 7 heteroatoms. The van der Waals surface area contributed by atoms with Crippen LogP contribution in [0, 0.1) is 0 Å². The molecule has 0 bridgehead atoms. The van der Waals surface area contributed by atoms with Crippen molar-refractivity contribution in [2.24, 2.45) is 0 Å². The van der Waals surface area contributed by atoms with Crippen molar-refractivity contribution in [2.75, 3.05) is 19.6 Å². The van der Waals surface area contributed by atoms with Crippen molar-refractivity contribution in [2.45, 2.75) is 30.9 Å². The van der Waals surface area contributed by atoms with Gasteiger partial charge in [0.05, 0.1) is 17.5 Å². The van der Waals surface area contributed by atoms with Gasteiger partial charge in [-0.05, 0) is 23.6 Å². The molecule has 1 fully saturated rings. The Morgan fingerprint density at radius 2 is 1.70 bits per heavy atom. The van der Waals surface area contributed by atoms with Crippen molar-refractivity contribution < 1.29 is 18.3 Å². The summed E-state index contributed by atoms with van der Waals surface area (Å²) in [6.07, 6.45) is -0.372. The lowest BCUT2D eigenvalue weighted by atomic mass is 10.2. The summed E-state index contributed by atoms with van der Waals surface area (Å²) in [4.78, 5) is 14.4. The minimum Gasteiger partial charge on any atom is -0.390 e. The van der Waals surface area contributed by atoms with Crippen LogP contribution in [0.5, 0.6) is 0 Å². The summed E-state index contributed by atoms with van der Waals surface area (Å²) in [5, 5.41) is 10.4. The van der Waals surface area contributed by atoms with Crippen LogP contribution in [0.1, 0.15) is 18.1 Å².